The zero-order valence-electron chi connectivity index (χ0n) is 15.3. The molecule has 2 N–H and O–H groups in total. The highest BCUT2D eigenvalue weighted by Crippen LogP contribution is 2.29. The number of benzene rings is 1. The molecule has 25 heavy (non-hydrogen) atoms. The van der Waals surface area contributed by atoms with Crippen LogP contribution in [0.4, 0.5) is 5.69 Å². The van der Waals surface area contributed by atoms with E-state index in [1.807, 2.05) is 6.92 Å². The van der Waals surface area contributed by atoms with Gasteiger partial charge in [-0.3, -0.25) is 14.6 Å². The molecule has 0 spiro atoms. The zero-order valence-corrected chi connectivity index (χ0v) is 16.0. The Hall–Kier alpha value is -2.14. The Morgan fingerprint density at radius 1 is 1.24 bits per heavy atom. The maximum Gasteiger partial charge on any atom is 0.252 e. The molecule has 0 aliphatic rings. The fourth-order valence-electron chi connectivity index (χ4n) is 2.06. The molecule has 0 saturated heterocycles. The third kappa shape index (κ3) is 5.43. The van der Waals surface area contributed by atoms with Gasteiger partial charge in [-0.15, -0.1) is 0 Å². The van der Waals surface area contributed by atoms with Crippen LogP contribution in [0, 0.1) is 11.8 Å². The summed E-state index contributed by atoms with van der Waals surface area (Å²) in [6.45, 7) is 9.40. The SMILES string of the molecule is CCNC(=O)c1cccc(N=CC(C(=O)C(C)C)=C(O)C(C)C)c1Cl. The maximum atomic E-state index is 12.3. The summed E-state index contributed by atoms with van der Waals surface area (Å²) in [6, 6.07) is 4.92. The highest BCUT2D eigenvalue weighted by Gasteiger charge is 2.19. The number of amides is 1. The number of carbonyl (C=O) groups is 2. The Labute approximate surface area is 153 Å². The topological polar surface area (TPSA) is 78.8 Å². The van der Waals surface area contributed by atoms with E-state index in [1.165, 1.54) is 6.21 Å². The van der Waals surface area contributed by atoms with E-state index in [9.17, 15) is 14.7 Å². The van der Waals surface area contributed by atoms with Crippen LogP contribution in [-0.2, 0) is 4.79 Å². The lowest BCUT2D eigenvalue weighted by Gasteiger charge is -2.11. The molecule has 1 amide bonds. The van der Waals surface area contributed by atoms with E-state index in [4.69, 9.17) is 11.6 Å². The number of aliphatic hydroxyl groups is 1. The fraction of sp³-hybridized carbons (Fsp3) is 0.421. The summed E-state index contributed by atoms with van der Waals surface area (Å²) in [5.74, 6) is -0.992. The quantitative estimate of drug-likeness (QED) is 0.425. The summed E-state index contributed by atoms with van der Waals surface area (Å²) >= 11 is 6.27. The first kappa shape index (κ1) is 20.9. The van der Waals surface area contributed by atoms with Crippen molar-refractivity contribution in [2.45, 2.75) is 34.6 Å². The van der Waals surface area contributed by atoms with Gasteiger partial charge in [-0.2, -0.15) is 0 Å². The summed E-state index contributed by atoms with van der Waals surface area (Å²) in [6.07, 6.45) is 1.32. The largest absolute Gasteiger partial charge is 0.511 e. The van der Waals surface area contributed by atoms with Crippen LogP contribution in [0.25, 0.3) is 0 Å². The molecule has 0 saturated carbocycles. The van der Waals surface area contributed by atoms with Crippen molar-refractivity contribution in [1.82, 2.24) is 5.32 Å². The zero-order chi connectivity index (χ0) is 19.1. The van der Waals surface area contributed by atoms with Gasteiger partial charge in [-0.05, 0) is 19.1 Å². The lowest BCUT2D eigenvalue weighted by Crippen LogP contribution is -2.22. The normalized spacial score (nSPS) is 12.6. The average Bonchev–Trinajstić information content (AvgIpc) is 2.55. The van der Waals surface area contributed by atoms with Gasteiger partial charge in [-0.25, -0.2) is 0 Å². The van der Waals surface area contributed by atoms with Gasteiger partial charge in [-0.1, -0.05) is 45.4 Å². The monoisotopic (exact) mass is 364 g/mol. The fourth-order valence-corrected chi connectivity index (χ4v) is 2.32. The number of allylic oxidation sites excluding steroid dienone is 2. The van der Waals surface area contributed by atoms with Gasteiger partial charge in [0.15, 0.2) is 5.78 Å². The molecule has 5 nitrogen and oxygen atoms in total. The van der Waals surface area contributed by atoms with Crippen molar-refractivity contribution in [3.8, 4) is 0 Å². The summed E-state index contributed by atoms with van der Waals surface area (Å²) in [4.78, 5) is 28.6. The number of ketones is 1. The number of aliphatic imine (C=N–C) groups is 1. The number of nitrogens with one attached hydrogen (secondary N) is 1. The predicted molar refractivity (Wildman–Crippen MR) is 102 cm³/mol. The van der Waals surface area contributed by atoms with Crippen molar-refractivity contribution in [1.29, 1.82) is 0 Å². The third-order valence-electron chi connectivity index (χ3n) is 3.51. The molecule has 1 aromatic rings. The third-order valence-corrected chi connectivity index (χ3v) is 3.90. The van der Waals surface area contributed by atoms with Gasteiger partial charge in [0, 0.05) is 24.6 Å². The number of carbonyl (C=O) groups excluding carboxylic acids is 2. The molecule has 0 fully saturated rings. The highest BCUT2D eigenvalue weighted by molar-refractivity contribution is 6.36. The molecule has 0 radical (unpaired) electrons. The van der Waals surface area contributed by atoms with Gasteiger partial charge >= 0.3 is 0 Å². The van der Waals surface area contributed by atoms with Crippen molar-refractivity contribution in [3.05, 3.63) is 40.1 Å². The summed E-state index contributed by atoms with van der Waals surface area (Å²) in [5.41, 5.74) is 0.826. The second-order valence-corrected chi connectivity index (χ2v) is 6.61. The Morgan fingerprint density at radius 2 is 1.88 bits per heavy atom. The molecular weight excluding hydrogens is 340 g/mol. The van der Waals surface area contributed by atoms with Gasteiger partial charge in [0.25, 0.3) is 5.91 Å². The lowest BCUT2D eigenvalue weighted by molar-refractivity contribution is -0.117. The van der Waals surface area contributed by atoms with E-state index in [0.717, 1.165) is 0 Å². The van der Waals surface area contributed by atoms with Crippen molar-refractivity contribution < 1.29 is 14.7 Å². The van der Waals surface area contributed by atoms with E-state index in [1.54, 1.807) is 45.9 Å². The summed E-state index contributed by atoms with van der Waals surface area (Å²) in [7, 11) is 0. The van der Waals surface area contributed by atoms with Crippen LogP contribution in [0.5, 0.6) is 0 Å². The first-order chi connectivity index (χ1) is 11.7. The summed E-state index contributed by atoms with van der Waals surface area (Å²) in [5, 5.41) is 13.1. The smallest absolute Gasteiger partial charge is 0.252 e. The number of Topliss-reactive ketones (excluding diaryl/α,β-unsaturated/α-hetero) is 1. The van der Waals surface area contributed by atoms with Crippen molar-refractivity contribution in [2.75, 3.05) is 6.54 Å². The first-order valence-corrected chi connectivity index (χ1v) is 8.66. The average molecular weight is 365 g/mol. The molecule has 0 heterocycles. The van der Waals surface area contributed by atoms with Crippen LogP contribution >= 0.6 is 11.6 Å². The number of nitrogens with zero attached hydrogens (tertiary/aromatic N) is 1. The predicted octanol–water partition coefficient (Wildman–Crippen LogP) is 4.49. The van der Waals surface area contributed by atoms with Crippen LogP contribution < -0.4 is 5.32 Å². The van der Waals surface area contributed by atoms with Crippen LogP contribution in [0.2, 0.25) is 5.02 Å². The van der Waals surface area contributed by atoms with E-state index in [-0.39, 0.29) is 39.9 Å². The lowest BCUT2D eigenvalue weighted by atomic mass is 9.97. The van der Waals surface area contributed by atoms with E-state index >= 15 is 0 Å². The van der Waals surface area contributed by atoms with E-state index < -0.39 is 0 Å². The maximum absolute atomic E-state index is 12.3. The first-order valence-electron chi connectivity index (χ1n) is 8.28. The molecule has 6 heteroatoms. The Kier molecular flexibility index (Phi) is 7.84. The minimum Gasteiger partial charge on any atom is -0.511 e. The Bertz CT molecular complexity index is 707. The number of aliphatic hydroxyl groups excluding tert-OH is 1. The Balaban J connectivity index is 3.30. The second kappa shape index (κ2) is 9.37. The molecule has 0 aromatic heterocycles. The van der Waals surface area contributed by atoms with Gasteiger partial charge < -0.3 is 10.4 Å². The van der Waals surface area contributed by atoms with Gasteiger partial charge in [0.2, 0.25) is 0 Å². The molecular formula is C19H25ClN2O3. The van der Waals surface area contributed by atoms with Crippen LogP contribution in [-0.4, -0.2) is 29.6 Å². The van der Waals surface area contributed by atoms with Gasteiger partial charge in [0.05, 0.1) is 21.8 Å². The van der Waals surface area contributed by atoms with E-state index in [2.05, 4.69) is 10.3 Å². The van der Waals surface area contributed by atoms with Crippen molar-refractivity contribution in [2.24, 2.45) is 16.8 Å². The minimum absolute atomic E-state index is 0.0153. The van der Waals surface area contributed by atoms with Crippen LogP contribution in [0.3, 0.4) is 0 Å². The van der Waals surface area contributed by atoms with E-state index in [0.29, 0.717) is 17.8 Å². The van der Waals surface area contributed by atoms with Crippen LogP contribution in [0.1, 0.15) is 45.0 Å². The molecule has 0 aliphatic carbocycles. The standard InChI is InChI=1S/C19H25ClN2O3/c1-6-21-19(25)13-8-7-9-15(16(13)20)22-10-14(17(23)11(2)3)18(24)12(4)5/h7-12,23H,6H2,1-5H3,(H,21,25). The molecule has 136 valence electrons. The molecule has 0 bridgehead atoms. The van der Waals surface area contributed by atoms with Crippen molar-refractivity contribution >= 4 is 35.2 Å². The number of hydrogen-bond donors (Lipinski definition) is 2. The molecule has 1 rings (SSSR count). The molecule has 0 atom stereocenters. The molecule has 0 unspecified atom stereocenters. The summed E-state index contributed by atoms with van der Waals surface area (Å²) < 4.78 is 0. The van der Waals surface area contributed by atoms with Crippen LogP contribution in [0.15, 0.2) is 34.5 Å². The molecule has 0 aliphatic heterocycles. The van der Waals surface area contributed by atoms with Gasteiger partial charge in [0.1, 0.15) is 5.76 Å². The minimum atomic E-state index is -0.288. The number of rotatable bonds is 7. The van der Waals surface area contributed by atoms with Crippen molar-refractivity contribution in [3.63, 3.8) is 0 Å². The molecule has 1 aromatic carbocycles. The number of hydrogen-bond acceptors (Lipinski definition) is 4. The number of halogens is 1. The second-order valence-electron chi connectivity index (χ2n) is 6.23. The highest BCUT2D eigenvalue weighted by atomic mass is 35.5. The Morgan fingerprint density at radius 3 is 2.40 bits per heavy atom.